The van der Waals surface area contributed by atoms with Gasteiger partial charge in [0.05, 0.1) is 16.8 Å². The van der Waals surface area contributed by atoms with Crippen molar-refractivity contribution in [1.29, 1.82) is 0 Å². The largest absolute Gasteiger partial charge is 0.477 e. The highest BCUT2D eigenvalue weighted by molar-refractivity contribution is 8.00. The Hall–Kier alpha value is -3.25. The number of nitrogens with one attached hydrogen (secondary N) is 2. The number of nitrogens with zero attached hydrogens (tertiary/aromatic N) is 3. The van der Waals surface area contributed by atoms with Crippen molar-refractivity contribution in [1.82, 2.24) is 25.1 Å². The molecule has 3 N–H and O–H groups in total. The number of β-lactam (4-membered cyclic amide) rings is 1. The number of benzene rings is 1. The summed E-state index contributed by atoms with van der Waals surface area (Å²) in [6.07, 6.45) is 4.27. The number of para-hydroxylation sites is 2. The van der Waals surface area contributed by atoms with Crippen molar-refractivity contribution in [2.75, 3.05) is 18.1 Å². The molecule has 0 unspecified atom stereocenters. The Morgan fingerprint density at radius 3 is 2.83 bits per heavy atom. The number of amides is 3. The van der Waals surface area contributed by atoms with E-state index in [0.29, 0.717) is 41.1 Å². The Kier molecular flexibility index (Phi) is 5.79. The summed E-state index contributed by atoms with van der Waals surface area (Å²) in [5, 5.41) is 12.7. The first-order valence-corrected chi connectivity index (χ1v) is 13.7. The molecule has 12 heteroatoms. The number of hydrogen-bond donors (Lipinski definition) is 3. The van der Waals surface area contributed by atoms with Crippen molar-refractivity contribution in [3.8, 4) is 0 Å². The lowest BCUT2D eigenvalue weighted by Crippen LogP contribution is -2.70. The molecule has 1 aromatic carbocycles. The van der Waals surface area contributed by atoms with E-state index in [9.17, 15) is 24.3 Å². The second kappa shape index (κ2) is 9.00. The van der Waals surface area contributed by atoms with Crippen LogP contribution in [0.5, 0.6) is 0 Å². The molecular weight excluding hydrogens is 502 g/mol. The van der Waals surface area contributed by atoms with Gasteiger partial charge in [-0.1, -0.05) is 23.9 Å². The molecule has 3 fully saturated rings. The minimum Gasteiger partial charge on any atom is -0.477 e. The van der Waals surface area contributed by atoms with Gasteiger partial charge in [0, 0.05) is 23.9 Å². The van der Waals surface area contributed by atoms with Crippen molar-refractivity contribution in [3.05, 3.63) is 47.2 Å². The average molecular weight is 526 g/mol. The monoisotopic (exact) mass is 525 g/mol. The average Bonchev–Trinajstić information content (AvgIpc) is 3.52. The Morgan fingerprint density at radius 1 is 1.28 bits per heavy atom. The number of aliphatic carboxylic acids is 1. The number of rotatable bonds is 7. The molecule has 186 valence electrons. The maximum Gasteiger partial charge on any atom is 0.352 e. The highest BCUT2D eigenvalue weighted by atomic mass is 32.2. The zero-order chi connectivity index (χ0) is 25.0. The zero-order valence-corrected chi connectivity index (χ0v) is 20.7. The van der Waals surface area contributed by atoms with Crippen molar-refractivity contribution in [2.45, 2.75) is 41.9 Å². The lowest BCUT2D eigenvalue weighted by atomic mass is 10.0. The van der Waals surface area contributed by atoms with E-state index in [1.54, 1.807) is 6.08 Å². The smallest absolute Gasteiger partial charge is 0.352 e. The van der Waals surface area contributed by atoms with Gasteiger partial charge in [-0.05, 0) is 43.0 Å². The third-order valence-corrected chi connectivity index (χ3v) is 8.89. The molecule has 6 rings (SSSR count). The van der Waals surface area contributed by atoms with Crippen molar-refractivity contribution >= 4 is 58.2 Å². The third-order valence-electron chi connectivity index (χ3n) is 6.72. The number of allylic oxidation sites excluding steroid dienone is 1. The normalized spacial score (nSPS) is 24.9. The lowest BCUT2D eigenvalue weighted by molar-refractivity contribution is -0.150. The van der Waals surface area contributed by atoms with Crippen LogP contribution in [0, 0.1) is 0 Å². The second-order valence-corrected chi connectivity index (χ2v) is 11.2. The molecule has 10 nitrogen and oxygen atoms in total. The summed E-state index contributed by atoms with van der Waals surface area (Å²) >= 11 is 2.63. The number of H-pyrrole nitrogens is 1. The van der Waals surface area contributed by atoms with Crippen LogP contribution in [0.4, 0.5) is 0 Å². The number of carboxylic acids is 1. The summed E-state index contributed by atoms with van der Waals surface area (Å²) in [5.41, 5.74) is 2.64. The zero-order valence-electron chi connectivity index (χ0n) is 19.1. The first kappa shape index (κ1) is 23.2. The van der Waals surface area contributed by atoms with Crippen LogP contribution in [0.3, 0.4) is 0 Å². The van der Waals surface area contributed by atoms with Gasteiger partial charge in [-0.15, -0.1) is 11.8 Å². The van der Waals surface area contributed by atoms with E-state index in [-0.39, 0.29) is 23.3 Å². The van der Waals surface area contributed by atoms with Gasteiger partial charge in [0.2, 0.25) is 11.8 Å². The highest BCUT2D eigenvalue weighted by Gasteiger charge is 2.54. The van der Waals surface area contributed by atoms with Crippen LogP contribution in [0.1, 0.15) is 19.3 Å². The number of carbonyl (C=O) groups excluding carboxylic acids is 3. The molecule has 3 aliphatic heterocycles. The van der Waals surface area contributed by atoms with Gasteiger partial charge < -0.3 is 20.3 Å². The molecule has 1 saturated carbocycles. The predicted octanol–water partition coefficient (Wildman–Crippen LogP) is 1.71. The second-order valence-electron chi connectivity index (χ2n) is 9.13. The third kappa shape index (κ3) is 4.07. The number of hydrogen-bond acceptors (Lipinski definition) is 7. The number of likely N-dealkylation sites (tertiary alicyclic amines) is 1. The number of fused-ring (bicyclic) bond motifs is 2. The van der Waals surface area contributed by atoms with Crippen molar-refractivity contribution < 1.29 is 24.3 Å². The molecule has 2 atom stereocenters. The highest BCUT2D eigenvalue weighted by Crippen LogP contribution is 2.42. The van der Waals surface area contributed by atoms with Crippen LogP contribution in [-0.2, 0) is 19.2 Å². The minimum atomic E-state index is -1.21. The number of carboxylic acid groups (broad SMARTS) is 1. The molecule has 0 radical (unpaired) electrons. The summed E-state index contributed by atoms with van der Waals surface area (Å²) in [5.74, 6) is -1.63. The standard InChI is InChI=1S/C24H23N5O5S2/c30-17(11-36-24-25-15-3-1-2-4-16(15)26-24)27-18-21(32)29-19(23(33)34)13(10-35-22(18)29)9-12-7-8-28(20(12)31)14-5-6-14/h1-4,9,14,18,22H,5-8,10-11H2,(H,25,26)(H,27,30)(H,33,34)/t18-,22-/m1/s1. The quantitative estimate of drug-likeness (QED) is 0.283. The van der Waals surface area contributed by atoms with Crippen LogP contribution in [0.25, 0.3) is 11.0 Å². The van der Waals surface area contributed by atoms with Gasteiger partial charge >= 0.3 is 5.97 Å². The van der Waals surface area contributed by atoms with Crippen LogP contribution in [0.15, 0.2) is 52.3 Å². The molecule has 2 aromatic rings. The van der Waals surface area contributed by atoms with E-state index < -0.39 is 23.3 Å². The Bertz CT molecular complexity index is 1330. The van der Waals surface area contributed by atoms with Gasteiger partial charge in [0.15, 0.2) is 5.16 Å². The fourth-order valence-corrected chi connectivity index (χ4v) is 6.82. The number of thioether (sulfide) groups is 2. The number of aromatic amines is 1. The van der Waals surface area contributed by atoms with E-state index in [2.05, 4.69) is 15.3 Å². The Morgan fingerprint density at radius 2 is 2.08 bits per heavy atom. The maximum absolute atomic E-state index is 12.9. The predicted molar refractivity (Wildman–Crippen MR) is 134 cm³/mol. The van der Waals surface area contributed by atoms with Crippen LogP contribution < -0.4 is 5.32 Å². The minimum absolute atomic E-state index is 0.0381. The summed E-state index contributed by atoms with van der Waals surface area (Å²) in [4.78, 5) is 60.9. The maximum atomic E-state index is 12.9. The Balaban J connectivity index is 1.12. The van der Waals surface area contributed by atoms with Gasteiger partial charge in [-0.25, -0.2) is 9.78 Å². The number of carbonyl (C=O) groups is 4. The number of aromatic nitrogens is 2. The fourth-order valence-electron chi connectivity index (χ4n) is 4.81. The van der Waals surface area contributed by atoms with Crippen LogP contribution in [-0.4, -0.2) is 84.1 Å². The molecule has 4 heterocycles. The van der Waals surface area contributed by atoms with Gasteiger partial charge in [-0.3, -0.25) is 19.3 Å². The van der Waals surface area contributed by atoms with Gasteiger partial charge in [-0.2, -0.15) is 0 Å². The molecule has 36 heavy (non-hydrogen) atoms. The summed E-state index contributed by atoms with van der Waals surface area (Å²) in [6, 6.07) is 7.08. The van der Waals surface area contributed by atoms with E-state index >= 15 is 0 Å². The van der Waals surface area contributed by atoms with Gasteiger partial charge in [0.1, 0.15) is 17.1 Å². The van der Waals surface area contributed by atoms with Crippen molar-refractivity contribution in [2.24, 2.45) is 0 Å². The summed E-state index contributed by atoms with van der Waals surface area (Å²) in [7, 11) is 0. The molecule has 2 saturated heterocycles. The van der Waals surface area contributed by atoms with E-state index in [0.717, 1.165) is 23.9 Å². The fraction of sp³-hybridized carbons (Fsp3) is 0.375. The topological polar surface area (TPSA) is 136 Å². The first-order valence-electron chi connectivity index (χ1n) is 11.7. The summed E-state index contributed by atoms with van der Waals surface area (Å²) in [6.45, 7) is 0.656. The van der Waals surface area contributed by atoms with Crippen molar-refractivity contribution in [3.63, 3.8) is 0 Å². The molecule has 1 aliphatic carbocycles. The SMILES string of the molecule is O=C(CSc1nc2ccccc2[nH]1)N[C@@H]1C(=O)N2C(C(=O)O)=C(C=C3CCN(C4CC4)C3=O)CS[C@H]12. The molecular formula is C24H23N5O5S2. The van der Waals surface area contributed by atoms with E-state index in [1.165, 1.54) is 28.4 Å². The summed E-state index contributed by atoms with van der Waals surface area (Å²) < 4.78 is 0. The molecule has 3 amide bonds. The van der Waals surface area contributed by atoms with Crippen LogP contribution >= 0.6 is 23.5 Å². The molecule has 0 bridgehead atoms. The van der Waals surface area contributed by atoms with E-state index in [1.807, 2.05) is 29.2 Å². The van der Waals surface area contributed by atoms with E-state index in [4.69, 9.17) is 0 Å². The number of imidazole rings is 1. The first-order chi connectivity index (χ1) is 17.4. The molecule has 1 aromatic heterocycles. The van der Waals surface area contributed by atoms with Crippen LogP contribution in [0.2, 0.25) is 0 Å². The lowest BCUT2D eigenvalue weighted by Gasteiger charge is -2.49. The Labute approximate surface area is 214 Å². The van der Waals surface area contributed by atoms with Gasteiger partial charge in [0.25, 0.3) is 5.91 Å². The molecule has 0 spiro atoms. The molecule has 4 aliphatic rings.